The second-order valence-electron chi connectivity index (χ2n) is 5.76. The number of likely N-dealkylation sites (N-methyl/N-ethyl adjacent to an activating group) is 1. The highest BCUT2D eigenvalue weighted by Crippen LogP contribution is 2.25. The van der Waals surface area contributed by atoms with Crippen LogP contribution in [0.25, 0.3) is 0 Å². The van der Waals surface area contributed by atoms with Gasteiger partial charge in [0.1, 0.15) is 5.82 Å². The number of hydrogen-bond donors (Lipinski definition) is 1. The monoisotopic (exact) mass is 313 g/mol. The highest BCUT2D eigenvalue weighted by Gasteiger charge is 2.17. The average Bonchev–Trinajstić information content (AvgIpc) is 2.42. The van der Waals surface area contributed by atoms with Gasteiger partial charge in [-0.15, -0.1) is 0 Å². The molecule has 0 spiro atoms. The van der Waals surface area contributed by atoms with E-state index in [1.54, 1.807) is 7.11 Å². The first-order valence-electron chi connectivity index (χ1n) is 7.60. The van der Waals surface area contributed by atoms with Crippen LogP contribution in [0.15, 0.2) is 12.3 Å². The molecule has 1 heterocycles. The Kier molecular flexibility index (Phi) is 8.01. The molecule has 4 nitrogen and oxygen atoms in total. The molecule has 1 aromatic rings. The molecule has 0 fully saturated rings. The lowest BCUT2D eigenvalue weighted by Crippen LogP contribution is -2.37. The Bertz CT molecular complexity index is 426. The molecule has 120 valence electrons. The normalized spacial score (nSPS) is 12.7. The number of hydrogen-bond acceptors (Lipinski definition) is 4. The largest absolute Gasteiger partial charge is 0.383 e. The van der Waals surface area contributed by atoms with Gasteiger partial charge in [-0.3, -0.25) is 0 Å². The van der Waals surface area contributed by atoms with Crippen LogP contribution in [0, 0.1) is 5.92 Å². The zero-order valence-corrected chi connectivity index (χ0v) is 14.6. The Morgan fingerprint density at radius 3 is 2.62 bits per heavy atom. The van der Waals surface area contributed by atoms with E-state index in [9.17, 15) is 0 Å². The van der Waals surface area contributed by atoms with Crippen molar-refractivity contribution in [3.05, 3.63) is 22.8 Å². The quantitative estimate of drug-likeness (QED) is 0.758. The minimum absolute atomic E-state index is 0.245. The number of ether oxygens (including phenoxy) is 1. The lowest BCUT2D eigenvalue weighted by atomic mass is 10.2. The summed E-state index contributed by atoms with van der Waals surface area (Å²) in [6.45, 7) is 11.9. The molecule has 1 atom stereocenters. The number of nitrogens with zero attached hydrogens (tertiary/aromatic N) is 2. The van der Waals surface area contributed by atoms with Crippen molar-refractivity contribution < 1.29 is 4.74 Å². The Balaban J connectivity index is 2.76. The standard InChI is InChI=1S/C16H28ClN3O/c1-6-20(13(4)11-21-5)16-15(17)7-14(10-19-16)9-18-8-12(2)3/h7,10,12-13,18H,6,8-9,11H2,1-5H3. The summed E-state index contributed by atoms with van der Waals surface area (Å²) in [7, 11) is 1.71. The number of methoxy groups -OCH3 is 1. The predicted octanol–water partition coefficient (Wildman–Crippen LogP) is 3.34. The molecule has 1 N–H and O–H groups in total. The molecule has 1 rings (SSSR count). The molecule has 0 saturated heterocycles. The van der Waals surface area contributed by atoms with Crippen molar-refractivity contribution in [2.45, 2.75) is 40.3 Å². The first-order valence-corrected chi connectivity index (χ1v) is 7.98. The summed E-state index contributed by atoms with van der Waals surface area (Å²) in [6, 6.07) is 2.24. The number of pyridine rings is 1. The Morgan fingerprint density at radius 1 is 1.38 bits per heavy atom. The van der Waals surface area contributed by atoms with E-state index in [-0.39, 0.29) is 6.04 Å². The molecule has 0 aliphatic carbocycles. The topological polar surface area (TPSA) is 37.4 Å². The molecule has 1 aromatic heterocycles. The number of aromatic nitrogens is 1. The third-order valence-corrected chi connectivity index (χ3v) is 3.59. The molecule has 1 unspecified atom stereocenters. The summed E-state index contributed by atoms with van der Waals surface area (Å²) in [6.07, 6.45) is 1.90. The summed E-state index contributed by atoms with van der Waals surface area (Å²) in [4.78, 5) is 6.71. The van der Waals surface area contributed by atoms with E-state index in [1.807, 2.05) is 12.3 Å². The van der Waals surface area contributed by atoms with Gasteiger partial charge in [-0.25, -0.2) is 4.98 Å². The van der Waals surface area contributed by atoms with Crippen LogP contribution < -0.4 is 10.2 Å². The maximum atomic E-state index is 6.42. The van der Waals surface area contributed by atoms with Gasteiger partial charge in [0.05, 0.1) is 17.7 Å². The van der Waals surface area contributed by atoms with Crippen LogP contribution in [0.1, 0.15) is 33.3 Å². The molecule has 0 bridgehead atoms. The van der Waals surface area contributed by atoms with Crippen LogP contribution in [0.5, 0.6) is 0 Å². The summed E-state index contributed by atoms with van der Waals surface area (Å²) in [5.74, 6) is 1.47. The second kappa shape index (κ2) is 9.23. The molecule has 0 aliphatic heterocycles. The molecule has 0 aromatic carbocycles. The van der Waals surface area contributed by atoms with E-state index in [0.717, 1.165) is 31.0 Å². The number of rotatable bonds is 9. The van der Waals surface area contributed by atoms with Gasteiger partial charge in [-0.2, -0.15) is 0 Å². The molecule has 0 saturated carbocycles. The molecule has 21 heavy (non-hydrogen) atoms. The summed E-state index contributed by atoms with van der Waals surface area (Å²) in [5, 5.41) is 4.10. The van der Waals surface area contributed by atoms with Crippen LogP contribution in [0.2, 0.25) is 5.02 Å². The molecule has 0 aliphatic rings. The van der Waals surface area contributed by atoms with Crippen molar-refractivity contribution in [2.24, 2.45) is 5.92 Å². The van der Waals surface area contributed by atoms with Gasteiger partial charge >= 0.3 is 0 Å². The maximum absolute atomic E-state index is 6.42. The van der Waals surface area contributed by atoms with Crippen molar-refractivity contribution in [1.29, 1.82) is 0 Å². The predicted molar refractivity (Wildman–Crippen MR) is 90.1 cm³/mol. The van der Waals surface area contributed by atoms with Crippen molar-refractivity contribution in [3.63, 3.8) is 0 Å². The summed E-state index contributed by atoms with van der Waals surface area (Å²) >= 11 is 6.42. The van der Waals surface area contributed by atoms with Gasteiger partial charge in [-0.05, 0) is 37.9 Å². The van der Waals surface area contributed by atoms with Crippen molar-refractivity contribution in [3.8, 4) is 0 Å². The van der Waals surface area contributed by atoms with Crippen LogP contribution in [-0.4, -0.2) is 37.8 Å². The van der Waals surface area contributed by atoms with E-state index >= 15 is 0 Å². The zero-order chi connectivity index (χ0) is 15.8. The van der Waals surface area contributed by atoms with E-state index < -0.39 is 0 Å². The first-order chi connectivity index (χ1) is 9.99. The first kappa shape index (κ1) is 18.2. The SMILES string of the molecule is CCN(c1ncc(CNCC(C)C)cc1Cl)C(C)COC. The van der Waals surface area contributed by atoms with E-state index in [2.05, 4.69) is 42.9 Å². The average molecular weight is 314 g/mol. The minimum Gasteiger partial charge on any atom is -0.383 e. The molecule has 0 radical (unpaired) electrons. The van der Waals surface area contributed by atoms with E-state index in [0.29, 0.717) is 17.5 Å². The highest BCUT2D eigenvalue weighted by molar-refractivity contribution is 6.33. The van der Waals surface area contributed by atoms with Gasteiger partial charge in [0, 0.05) is 26.4 Å². The fourth-order valence-electron chi connectivity index (χ4n) is 2.28. The second-order valence-corrected chi connectivity index (χ2v) is 6.17. The van der Waals surface area contributed by atoms with Crippen molar-refractivity contribution >= 4 is 17.4 Å². The van der Waals surface area contributed by atoms with E-state index in [4.69, 9.17) is 16.3 Å². The number of nitrogens with one attached hydrogen (secondary N) is 1. The van der Waals surface area contributed by atoms with Crippen LogP contribution in [0.3, 0.4) is 0 Å². The highest BCUT2D eigenvalue weighted by atomic mass is 35.5. The number of anilines is 1. The fourth-order valence-corrected chi connectivity index (χ4v) is 2.58. The van der Waals surface area contributed by atoms with Gasteiger partial charge in [0.2, 0.25) is 0 Å². The molecule has 5 heteroatoms. The fraction of sp³-hybridized carbons (Fsp3) is 0.688. The number of halogens is 1. The lowest BCUT2D eigenvalue weighted by Gasteiger charge is -2.29. The van der Waals surface area contributed by atoms with Crippen LogP contribution in [-0.2, 0) is 11.3 Å². The van der Waals surface area contributed by atoms with Crippen LogP contribution in [0.4, 0.5) is 5.82 Å². The maximum Gasteiger partial charge on any atom is 0.147 e. The van der Waals surface area contributed by atoms with Crippen LogP contribution >= 0.6 is 11.6 Å². The molecule has 0 amide bonds. The lowest BCUT2D eigenvalue weighted by molar-refractivity contribution is 0.181. The Hall–Kier alpha value is -0.840. The molecular formula is C16H28ClN3O. The third-order valence-electron chi connectivity index (χ3n) is 3.31. The summed E-state index contributed by atoms with van der Waals surface area (Å²) < 4.78 is 5.22. The molecular weight excluding hydrogens is 286 g/mol. The van der Waals surface area contributed by atoms with Gasteiger partial charge in [0.25, 0.3) is 0 Å². The van der Waals surface area contributed by atoms with E-state index in [1.165, 1.54) is 0 Å². The minimum atomic E-state index is 0.245. The summed E-state index contributed by atoms with van der Waals surface area (Å²) in [5.41, 5.74) is 1.11. The Morgan fingerprint density at radius 2 is 2.10 bits per heavy atom. The van der Waals surface area contributed by atoms with Crippen molar-refractivity contribution in [1.82, 2.24) is 10.3 Å². The van der Waals surface area contributed by atoms with Gasteiger partial charge in [-0.1, -0.05) is 25.4 Å². The zero-order valence-electron chi connectivity index (χ0n) is 13.8. The smallest absolute Gasteiger partial charge is 0.147 e. The third kappa shape index (κ3) is 5.81. The van der Waals surface area contributed by atoms with Gasteiger partial charge < -0.3 is 15.0 Å². The Labute approximate surface area is 133 Å². The van der Waals surface area contributed by atoms with Crippen molar-refractivity contribution in [2.75, 3.05) is 31.7 Å². The van der Waals surface area contributed by atoms with Gasteiger partial charge in [0.15, 0.2) is 0 Å².